The van der Waals surface area contributed by atoms with Gasteiger partial charge in [-0.05, 0) is 37.0 Å². The van der Waals surface area contributed by atoms with Gasteiger partial charge in [0.05, 0.1) is 6.04 Å². The molecule has 1 aromatic carbocycles. The van der Waals surface area contributed by atoms with Crippen LogP contribution in [-0.2, 0) is 9.59 Å². The summed E-state index contributed by atoms with van der Waals surface area (Å²) in [5, 5.41) is 3.68. The van der Waals surface area contributed by atoms with Gasteiger partial charge in [0.2, 0.25) is 11.8 Å². The van der Waals surface area contributed by atoms with E-state index >= 15 is 0 Å². The van der Waals surface area contributed by atoms with Crippen LogP contribution in [0.3, 0.4) is 0 Å². The van der Waals surface area contributed by atoms with Crippen LogP contribution in [0.15, 0.2) is 24.3 Å². The van der Waals surface area contributed by atoms with Gasteiger partial charge in [0.15, 0.2) is 0 Å². The molecule has 2 fully saturated rings. The molecule has 1 aromatic rings. The van der Waals surface area contributed by atoms with E-state index < -0.39 is 0 Å². The average Bonchev–Trinajstić information content (AvgIpc) is 3.15. The van der Waals surface area contributed by atoms with Gasteiger partial charge in [-0.3, -0.25) is 14.5 Å². The number of hydrogen-bond donors (Lipinski definition) is 1. The second-order valence-corrected chi connectivity index (χ2v) is 9.50. The van der Waals surface area contributed by atoms with Gasteiger partial charge >= 0.3 is 0 Å². The van der Waals surface area contributed by atoms with Gasteiger partial charge < -0.3 is 10.2 Å². The Bertz CT molecular complexity index is 702. The Hall–Kier alpha value is -1.59. The highest BCUT2D eigenvalue weighted by Crippen LogP contribution is 2.32. The highest BCUT2D eigenvalue weighted by Gasteiger charge is 2.38. The molecule has 2 aliphatic rings. The van der Waals surface area contributed by atoms with Crippen LogP contribution in [-0.4, -0.2) is 53.8 Å². The lowest BCUT2D eigenvalue weighted by molar-refractivity contribution is -0.142. The highest BCUT2D eigenvalue weighted by atomic mass is 35.5. The minimum absolute atomic E-state index is 0.0461. The molecule has 1 saturated heterocycles. The van der Waals surface area contributed by atoms with E-state index in [1.807, 2.05) is 37.8 Å². The SMILES string of the molecule is CC(C)(C)C(=O)N1CCN(C(C(=O)Nc2cccc(Cl)c2)C2CCCC2)CC1. The third-order valence-corrected chi connectivity index (χ3v) is 6.08. The van der Waals surface area contributed by atoms with Gasteiger partial charge in [0, 0.05) is 42.3 Å². The number of nitrogens with one attached hydrogen (secondary N) is 1. The highest BCUT2D eigenvalue weighted by molar-refractivity contribution is 6.30. The van der Waals surface area contributed by atoms with Crippen LogP contribution in [0.2, 0.25) is 5.02 Å². The maximum Gasteiger partial charge on any atom is 0.242 e. The van der Waals surface area contributed by atoms with Crippen molar-refractivity contribution in [2.24, 2.45) is 11.3 Å². The molecule has 0 aromatic heterocycles. The van der Waals surface area contributed by atoms with Crippen LogP contribution in [0.1, 0.15) is 46.5 Å². The number of halogens is 1. The topological polar surface area (TPSA) is 52.7 Å². The summed E-state index contributed by atoms with van der Waals surface area (Å²) in [5.74, 6) is 0.613. The number of amides is 2. The van der Waals surface area contributed by atoms with E-state index in [1.54, 1.807) is 12.1 Å². The molecule has 5 nitrogen and oxygen atoms in total. The number of piperazine rings is 1. The quantitative estimate of drug-likeness (QED) is 0.822. The monoisotopic (exact) mass is 405 g/mol. The minimum Gasteiger partial charge on any atom is -0.340 e. The summed E-state index contributed by atoms with van der Waals surface area (Å²) < 4.78 is 0. The van der Waals surface area contributed by atoms with Crippen LogP contribution in [0.5, 0.6) is 0 Å². The zero-order chi connectivity index (χ0) is 20.3. The summed E-state index contributed by atoms with van der Waals surface area (Å²) in [6.45, 7) is 8.73. The molecule has 0 spiro atoms. The maximum atomic E-state index is 13.2. The molecule has 2 amide bonds. The van der Waals surface area contributed by atoms with Crippen molar-refractivity contribution in [3.8, 4) is 0 Å². The van der Waals surface area contributed by atoms with Crippen LogP contribution < -0.4 is 5.32 Å². The standard InChI is InChI=1S/C22H32ClN3O2/c1-22(2,3)21(28)26-13-11-25(12-14-26)19(16-7-4-5-8-16)20(27)24-18-10-6-9-17(23)15-18/h6,9-10,15-16,19H,4-5,7-8,11-14H2,1-3H3,(H,24,27). The van der Waals surface area contributed by atoms with Crippen molar-refractivity contribution < 1.29 is 9.59 Å². The number of hydrogen-bond acceptors (Lipinski definition) is 3. The molecule has 1 aliphatic heterocycles. The summed E-state index contributed by atoms with van der Waals surface area (Å²) in [6.07, 6.45) is 4.56. The molecule has 0 bridgehead atoms. The fourth-order valence-electron chi connectivity index (χ4n) is 4.41. The molecule has 1 N–H and O–H groups in total. The van der Waals surface area contributed by atoms with Crippen LogP contribution in [0, 0.1) is 11.3 Å². The lowest BCUT2D eigenvalue weighted by Gasteiger charge is -2.42. The van der Waals surface area contributed by atoms with Crippen molar-refractivity contribution in [2.45, 2.75) is 52.5 Å². The Morgan fingerprint density at radius 1 is 1.11 bits per heavy atom. The Balaban J connectivity index is 1.69. The lowest BCUT2D eigenvalue weighted by atomic mass is 9.93. The molecular weight excluding hydrogens is 374 g/mol. The summed E-state index contributed by atoms with van der Waals surface area (Å²) in [4.78, 5) is 30.0. The third-order valence-electron chi connectivity index (χ3n) is 5.84. The molecule has 1 saturated carbocycles. The first kappa shape index (κ1) is 21.1. The fourth-order valence-corrected chi connectivity index (χ4v) is 4.60. The summed E-state index contributed by atoms with van der Waals surface area (Å²) in [6, 6.07) is 7.16. The van der Waals surface area contributed by atoms with Crippen molar-refractivity contribution in [2.75, 3.05) is 31.5 Å². The van der Waals surface area contributed by atoms with E-state index in [9.17, 15) is 9.59 Å². The number of anilines is 1. The summed E-state index contributed by atoms with van der Waals surface area (Å²) >= 11 is 6.07. The molecule has 1 heterocycles. The normalized spacial score (nSPS) is 20.2. The van der Waals surface area contributed by atoms with E-state index in [4.69, 9.17) is 11.6 Å². The Labute approximate surface area is 173 Å². The van der Waals surface area contributed by atoms with E-state index in [0.717, 1.165) is 31.6 Å². The largest absolute Gasteiger partial charge is 0.340 e. The van der Waals surface area contributed by atoms with Gasteiger partial charge in [-0.1, -0.05) is 51.3 Å². The molecular formula is C22H32ClN3O2. The van der Waals surface area contributed by atoms with Crippen molar-refractivity contribution in [3.63, 3.8) is 0 Å². The van der Waals surface area contributed by atoms with Crippen molar-refractivity contribution in [1.29, 1.82) is 0 Å². The van der Waals surface area contributed by atoms with Crippen molar-refractivity contribution in [3.05, 3.63) is 29.3 Å². The van der Waals surface area contributed by atoms with Crippen molar-refractivity contribution >= 4 is 29.1 Å². The molecule has 1 atom stereocenters. The zero-order valence-electron chi connectivity index (χ0n) is 17.2. The van der Waals surface area contributed by atoms with Crippen LogP contribution in [0.4, 0.5) is 5.69 Å². The fraction of sp³-hybridized carbons (Fsp3) is 0.636. The number of carbonyl (C=O) groups excluding carboxylic acids is 2. The average molecular weight is 406 g/mol. The smallest absolute Gasteiger partial charge is 0.242 e. The van der Waals surface area contributed by atoms with E-state index in [2.05, 4.69) is 10.2 Å². The number of carbonyl (C=O) groups is 2. The van der Waals surface area contributed by atoms with Gasteiger partial charge in [0.25, 0.3) is 0 Å². The molecule has 1 aliphatic carbocycles. The predicted molar refractivity (Wildman–Crippen MR) is 113 cm³/mol. The van der Waals surface area contributed by atoms with Gasteiger partial charge in [-0.15, -0.1) is 0 Å². The zero-order valence-corrected chi connectivity index (χ0v) is 18.0. The molecule has 0 radical (unpaired) electrons. The van der Waals surface area contributed by atoms with E-state index in [0.29, 0.717) is 24.0 Å². The van der Waals surface area contributed by atoms with Crippen LogP contribution in [0.25, 0.3) is 0 Å². The number of benzene rings is 1. The molecule has 1 unspecified atom stereocenters. The van der Waals surface area contributed by atoms with Crippen molar-refractivity contribution in [1.82, 2.24) is 9.80 Å². The maximum absolute atomic E-state index is 13.2. The van der Waals surface area contributed by atoms with E-state index in [-0.39, 0.29) is 23.3 Å². The van der Waals surface area contributed by atoms with Crippen LogP contribution >= 0.6 is 11.6 Å². The first-order chi connectivity index (χ1) is 13.3. The number of nitrogens with zero attached hydrogens (tertiary/aromatic N) is 2. The second-order valence-electron chi connectivity index (χ2n) is 9.07. The first-order valence-corrected chi connectivity index (χ1v) is 10.7. The molecule has 3 rings (SSSR count). The Morgan fingerprint density at radius 3 is 2.32 bits per heavy atom. The second kappa shape index (κ2) is 8.83. The summed E-state index contributed by atoms with van der Waals surface area (Å²) in [7, 11) is 0. The predicted octanol–water partition coefficient (Wildman–Crippen LogP) is 4.03. The summed E-state index contributed by atoms with van der Waals surface area (Å²) in [5.41, 5.74) is 0.374. The molecule has 154 valence electrons. The van der Waals surface area contributed by atoms with Gasteiger partial charge in [-0.25, -0.2) is 0 Å². The van der Waals surface area contributed by atoms with Gasteiger partial charge in [-0.2, -0.15) is 0 Å². The van der Waals surface area contributed by atoms with Gasteiger partial charge in [0.1, 0.15) is 0 Å². The molecule has 6 heteroatoms. The molecule has 28 heavy (non-hydrogen) atoms. The van der Waals surface area contributed by atoms with E-state index in [1.165, 1.54) is 12.8 Å². The Morgan fingerprint density at radius 2 is 1.75 bits per heavy atom. The Kier molecular flexibility index (Phi) is 6.66. The third kappa shape index (κ3) is 5.06. The first-order valence-electron chi connectivity index (χ1n) is 10.4. The lowest BCUT2D eigenvalue weighted by Crippen LogP contribution is -2.58. The number of rotatable bonds is 4. The minimum atomic E-state index is -0.364.